The van der Waals surface area contributed by atoms with Gasteiger partial charge in [-0.15, -0.1) is 0 Å². The first-order valence-electron chi connectivity index (χ1n) is 6.90. The van der Waals surface area contributed by atoms with Crippen LogP contribution in [0.2, 0.25) is 0 Å². The number of allylic oxidation sites excluding steroid dienone is 1. The van der Waals surface area contributed by atoms with E-state index < -0.39 is 0 Å². The normalized spacial score (nSPS) is 20.9. The van der Waals surface area contributed by atoms with Gasteiger partial charge in [-0.05, 0) is 46.5 Å². The van der Waals surface area contributed by atoms with Gasteiger partial charge >= 0.3 is 0 Å². The molecule has 1 aliphatic rings. The zero-order valence-electron chi connectivity index (χ0n) is 11.6. The van der Waals surface area contributed by atoms with Crippen molar-refractivity contribution < 1.29 is 0 Å². The van der Waals surface area contributed by atoms with Gasteiger partial charge in [0.15, 0.2) is 0 Å². The lowest BCUT2D eigenvalue weighted by Gasteiger charge is -2.21. The maximum Gasteiger partial charge on any atom is 0.0166 e. The van der Waals surface area contributed by atoms with Crippen LogP contribution in [0.4, 0.5) is 0 Å². The van der Waals surface area contributed by atoms with Crippen molar-refractivity contribution in [2.45, 2.75) is 71.8 Å². The first-order chi connectivity index (χ1) is 7.47. The predicted molar refractivity (Wildman–Crippen MR) is 72.7 cm³/mol. The molecule has 0 aromatic carbocycles. The molecule has 94 valence electrons. The molecule has 0 spiro atoms. The van der Waals surface area contributed by atoms with E-state index >= 15 is 0 Å². The highest BCUT2D eigenvalue weighted by Crippen LogP contribution is 2.24. The van der Waals surface area contributed by atoms with E-state index in [2.05, 4.69) is 39.1 Å². The van der Waals surface area contributed by atoms with Crippen LogP contribution in [0.25, 0.3) is 0 Å². The second-order valence-electron chi connectivity index (χ2n) is 6.37. The fourth-order valence-electron chi connectivity index (χ4n) is 2.34. The maximum atomic E-state index is 3.56. The average molecular weight is 223 g/mol. The second-order valence-corrected chi connectivity index (χ2v) is 6.37. The van der Waals surface area contributed by atoms with Crippen LogP contribution < -0.4 is 5.32 Å². The third kappa shape index (κ3) is 6.32. The Morgan fingerprint density at radius 2 is 1.69 bits per heavy atom. The standard InChI is InChI=1S/C15H29N/c1-13(12-16-15(2,3)4)11-14-9-7-5-6-8-10-14/h11,14,16H,5-10,12H2,1-4H3. The third-order valence-electron chi connectivity index (χ3n) is 3.32. The Bertz CT molecular complexity index is 214. The van der Waals surface area contributed by atoms with Gasteiger partial charge in [0, 0.05) is 12.1 Å². The van der Waals surface area contributed by atoms with Crippen molar-refractivity contribution in [1.82, 2.24) is 5.32 Å². The van der Waals surface area contributed by atoms with Crippen molar-refractivity contribution in [3.63, 3.8) is 0 Å². The van der Waals surface area contributed by atoms with Gasteiger partial charge in [0.25, 0.3) is 0 Å². The van der Waals surface area contributed by atoms with E-state index in [4.69, 9.17) is 0 Å². The molecule has 1 aliphatic carbocycles. The highest BCUT2D eigenvalue weighted by atomic mass is 14.9. The summed E-state index contributed by atoms with van der Waals surface area (Å²) in [5.41, 5.74) is 1.75. The lowest BCUT2D eigenvalue weighted by atomic mass is 9.97. The summed E-state index contributed by atoms with van der Waals surface area (Å²) in [6.07, 6.45) is 11.1. The minimum absolute atomic E-state index is 0.235. The monoisotopic (exact) mass is 223 g/mol. The molecule has 0 saturated heterocycles. The van der Waals surface area contributed by atoms with Gasteiger partial charge in [-0.2, -0.15) is 0 Å². The van der Waals surface area contributed by atoms with Crippen LogP contribution in [0.15, 0.2) is 11.6 Å². The lowest BCUT2D eigenvalue weighted by Crippen LogP contribution is -2.36. The van der Waals surface area contributed by atoms with Crippen LogP contribution in [0.5, 0.6) is 0 Å². The van der Waals surface area contributed by atoms with E-state index in [9.17, 15) is 0 Å². The van der Waals surface area contributed by atoms with Gasteiger partial charge in [0.1, 0.15) is 0 Å². The van der Waals surface area contributed by atoms with Crippen molar-refractivity contribution >= 4 is 0 Å². The summed E-state index contributed by atoms with van der Waals surface area (Å²) in [6.45, 7) is 9.99. The Morgan fingerprint density at radius 1 is 1.12 bits per heavy atom. The minimum atomic E-state index is 0.235. The molecule has 1 fully saturated rings. The summed E-state index contributed by atoms with van der Waals surface area (Å²) in [5, 5.41) is 3.56. The Kier molecular flexibility index (Phi) is 5.54. The fourth-order valence-corrected chi connectivity index (χ4v) is 2.34. The highest BCUT2D eigenvalue weighted by molar-refractivity contribution is 5.04. The molecule has 1 N–H and O–H groups in total. The number of hydrogen-bond acceptors (Lipinski definition) is 1. The van der Waals surface area contributed by atoms with Gasteiger partial charge in [-0.1, -0.05) is 37.3 Å². The van der Waals surface area contributed by atoms with Crippen LogP contribution in [-0.2, 0) is 0 Å². The number of hydrogen-bond donors (Lipinski definition) is 1. The molecule has 1 heteroatoms. The fraction of sp³-hybridized carbons (Fsp3) is 0.867. The van der Waals surface area contributed by atoms with Crippen molar-refractivity contribution in [3.8, 4) is 0 Å². The molecule has 0 bridgehead atoms. The molecule has 0 aliphatic heterocycles. The number of rotatable bonds is 3. The van der Waals surface area contributed by atoms with Crippen LogP contribution in [0.3, 0.4) is 0 Å². The molecule has 1 rings (SSSR count). The van der Waals surface area contributed by atoms with Crippen LogP contribution in [0, 0.1) is 5.92 Å². The maximum absolute atomic E-state index is 3.56. The summed E-state index contributed by atoms with van der Waals surface area (Å²) < 4.78 is 0. The molecule has 1 saturated carbocycles. The molecule has 1 nitrogen and oxygen atoms in total. The van der Waals surface area contributed by atoms with E-state index in [1.165, 1.54) is 44.1 Å². The predicted octanol–water partition coefficient (Wildman–Crippen LogP) is 4.29. The van der Waals surface area contributed by atoms with Gasteiger partial charge in [0.05, 0.1) is 0 Å². The zero-order valence-corrected chi connectivity index (χ0v) is 11.6. The first-order valence-corrected chi connectivity index (χ1v) is 6.90. The molecular weight excluding hydrogens is 194 g/mol. The molecule has 16 heavy (non-hydrogen) atoms. The van der Waals surface area contributed by atoms with Crippen molar-refractivity contribution in [3.05, 3.63) is 11.6 Å². The Labute approximate surface area is 102 Å². The second kappa shape index (κ2) is 6.44. The summed E-state index contributed by atoms with van der Waals surface area (Å²) in [5.74, 6) is 0.851. The molecule has 0 heterocycles. The molecular formula is C15H29N. The van der Waals surface area contributed by atoms with E-state index in [-0.39, 0.29) is 5.54 Å². The van der Waals surface area contributed by atoms with E-state index in [1.54, 1.807) is 0 Å². The minimum Gasteiger partial charge on any atom is -0.308 e. The smallest absolute Gasteiger partial charge is 0.0166 e. The van der Waals surface area contributed by atoms with E-state index in [1.807, 2.05) is 0 Å². The van der Waals surface area contributed by atoms with Crippen LogP contribution >= 0.6 is 0 Å². The van der Waals surface area contributed by atoms with Gasteiger partial charge in [-0.3, -0.25) is 0 Å². The van der Waals surface area contributed by atoms with Crippen molar-refractivity contribution in [1.29, 1.82) is 0 Å². The number of nitrogens with one attached hydrogen (secondary N) is 1. The van der Waals surface area contributed by atoms with Crippen LogP contribution in [-0.4, -0.2) is 12.1 Å². The topological polar surface area (TPSA) is 12.0 Å². The van der Waals surface area contributed by atoms with Crippen molar-refractivity contribution in [2.24, 2.45) is 5.92 Å². The molecule has 0 aromatic rings. The third-order valence-corrected chi connectivity index (χ3v) is 3.32. The molecule has 0 amide bonds. The van der Waals surface area contributed by atoms with Crippen LogP contribution in [0.1, 0.15) is 66.2 Å². The molecule has 0 aromatic heterocycles. The Balaban J connectivity index is 2.35. The summed E-state index contributed by atoms with van der Waals surface area (Å²) in [7, 11) is 0. The first kappa shape index (κ1) is 13.8. The average Bonchev–Trinajstić information content (AvgIpc) is 2.42. The van der Waals surface area contributed by atoms with E-state index in [0.717, 1.165) is 12.5 Å². The zero-order chi connectivity index (χ0) is 12.0. The van der Waals surface area contributed by atoms with E-state index in [0.29, 0.717) is 0 Å². The summed E-state index contributed by atoms with van der Waals surface area (Å²) in [4.78, 5) is 0. The highest BCUT2D eigenvalue weighted by Gasteiger charge is 2.11. The largest absolute Gasteiger partial charge is 0.308 e. The Hall–Kier alpha value is -0.300. The van der Waals surface area contributed by atoms with Gasteiger partial charge in [0.2, 0.25) is 0 Å². The SMILES string of the molecule is CC(=CC1CCCCCC1)CNC(C)(C)C. The van der Waals surface area contributed by atoms with Crippen molar-refractivity contribution in [2.75, 3.05) is 6.54 Å². The Morgan fingerprint density at radius 3 is 2.19 bits per heavy atom. The lowest BCUT2D eigenvalue weighted by molar-refractivity contribution is 0.442. The summed E-state index contributed by atoms with van der Waals surface area (Å²) in [6, 6.07) is 0. The summed E-state index contributed by atoms with van der Waals surface area (Å²) >= 11 is 0. The molecule has 0 radical (unpaired) electrons. The quantitative estimate of drug-likeness (QED) is 0.556. The van der Waals surface area contributed by atoms with Gasteiger partial charge < -0.3 is 5.32 Å². The molecule has 0 atom stereocenters. The van der Waals surface area contributed by atoms with Gasteiger partial charge in [-0.25, -0.2) is 0 Å². The molecule has 0 unspecified atom stereocenters.